The van der Waals surface area contributed by atoms with Crippen molar-refractivity contribution in [3.63, 3.8) is 0 Å². The highest BCUT2D eigenvalue weighted by molar-refractivity contribution is 5.94. The van der Waals surface area contributed by atoms with Gasteiger partial charge in [-0.1, -0.05) is 116 Å². The number of amides is 4. The van der Waals surface area contributed by atoms with Crippen molar-refractivity contribution in [1.29, 1.82) is 0 Å². The van der Waals surface area contributed by atoms with E-state index in [9.17, 15) is 46.3 Å². The Balaban J connectivity index is 1.57. The molecule has 1 saturated heterocycles. The van der Waals surface area contributed by atoms with Gasteiger partial charge in [-0.3, -0.25) is 29.1 Å². The first-order chi connectivity index (χ1) is 41.3. The van der Waals surface area contributed by atoms with Gasteiger partial charge in [0, 0.05) is 53.4 Å². The molecule has 480 valence electrons. The lowest BCUT2D eigenvalue weighted by Crippen LogP contribution is -2.55. The zero-order valence-electron chi connectivity index (χ0n) is 52.9. The fourth-order valence-corrected chi connectivity index (χ4v) is 10.3. The van der Waals surface area contributed by atoms with Crippen molar-refractivity contribution in [3.8, 4) is 0 Å². The number of esters is 4. The molecule has 0 spiro atoms. The number of halogens is 4. The standard InChI is InChI=1S/C66H86F4N6O12/c1-37(2)27-51-63(81)85-41(9)59(77)73(11)54(30-40(7)8)66(84)88-56(34-46-21-17-44(18-22-46)32-48-24-26-50(58(69)70)72-36-48)62(80)76(14)52(28-38(3)4)64(82)86-42(10)60(78)74(12)53(29-39(5)6)65(83)87-55(61(79)75(51)13)33-45-19-15-43(16-20-45)31-47-23-25-49(57(67)68)71-35-47/h15-26,35-42,51-58H,27-34H2,1-14H3/t41-,42-,51+,52+,53+,54+,55-,56-/m1/s1. The Bertz CT molecular complexity index is 2780. The molecule has 2 aromatic heterocycles. The summed E-state index contributed by atoms with van der Waals surface area (Å²) in [6.07, 6.45) is -8.78. The van der Waals surface area contributed by atoms with Gasteiger partial charge < -0.3 is 38.5 Å². The van der Waals surface area contributed by atoms with Crippen LogP contribution < -0.4 is 0 Å². The molecule has 1 fully saturated rings. The maximum absolute atomic E-state index is 15.0. The number of carbonyl (C=O) groups excluding carboxylic acids is 8. The minimum atomic E-state index is -2.73. The Labute approximate surface area is 514 Å². The number of aromatic nitrogens is 2. The molecular weight excluding hydrogens is 1140 g/mol. The average molecular weight is 1230 g/mol. The lowest BCUT2D eigenvalue weighted by Gasteiger charge is -2.35. The Hall–Kier alpha value is -7.78. The summed E-state index contributed by atoms with van der Waals surface area (Å²) in [7, 11) is 5.36. The number of hydrogen-bond donors (Lipinski definition) is 0. The highest BCUT2D eigenvalue weighted by atomic mass is 19.3. The van der Waals surface area contributed by atoms with Gasteiger partial charge in [0.1, 0.15) is 35.6 Å². The van der Waals surface area contributed by atoms with Crippen LogP contribution in [0.5, 0.6) is 0 Å². The van der Waals surface area contributed by atoms with Crippen LogP contribution in [0.1, 0.15) is 153 Å². The van der Waals surface area contributed by atoms with Crippen LogP contribution in [0.2, 0.25) is 0 Å². The number of alkyl halides is 4. The SMILES string of the molecule is CC(C)C[C@H]1C(=O)O[C@H](Cc2ccc(Cc3ccc(C(F)F)nc3)cc2)C(=O)N(C)[C@@H](CC(C)C)C(=O)O[C@H](C)C(=O)N(C)[C@@H](CC(C)C)C(=O)O[C@H](Cc2ccc(Cc3ccc(C(F)F)nc3)cc2)C(=O)N(C)[C@@H](CC(C)C)C(=O)O[C@H](C)C(=O)N1C. The molecule has 22 heteroatoms. The normalized spacial score (nSPS) is 22.3. The summed E-state index contributed by atoms with van der Waals surface area (Å²) in [6, 6.07) is 14.0. The summed E-state index contributed by atoms with van der Waals surface area (Å²) in [5.41, 5.74) is 3.19. The average Bonchev–Trinajstić information content (AvgIpc) is 3.42. The molecule has 4 amide bonds. The fourth-order valence-electron chi connectivity index (χ4n) is 10.3. The minimum absolute atomic E-state index is 0.0198. The number of ether oxygens (including phenoxy) is 4. The molecule has 1 aliphatic heterocycles. The van der Waals surface area contributed by atoms with Crippen LogP contribution in [0.3, 0.4) is 0 Å². The second-order valence-electron chi connectivity index (χ2n) is 24.6. The van der Waals surface area contributed by atoms with Gasteiger partial charge in [0.15, 0.2) is 24.4 Å². The van der Waals surface area contributed by atoms with Gasteiger partial charge in [-0.25, -0.2) is 36.7 Å². The van der Waals surface area contributed by atoms with Crippen molar-refractivity contribution in [1.82, 2.24) is 29.6 Å². The van der Waals surface area contributed by atoms with E-state index in [0.717, 1.165) is 30.7 Å². The van der Waals surface area contributed by atoms with Crippen LogP contribution in [0.15, 0.2) is 85.2 Å². The van der Waals surface area contributed by atoms with Gasteiger partial charge in [0.25, 0.3) is 36.5 Å². The predicted octanol–water partition coefficient (Wildman–Crippen LogP) is 9.51. The molecule has 4 aromatic rings. The van der Waals surface area contributed by atoms with Gasteiger partial charge >= 0.3 is 23.9 Å². The van der Waals surface area contributed by atoms with Gasteiger partial charge in [0.05, 0.1) is 0 Å². The van der Waals surface area contributed by atoms with Crippen LogP contribution in [0.4, 0.5) is 17.6 Å². The van der Waals surface area contributed by atoms with Crippen molar-refractivity contribution in [2.45, 2.75) is 182 Å². The summed E-state index contributed by atoms with van der Waals surface area (Å²) in [6.45, 7) is 17.1. The minimum Gasteiger partial charge on any atom is -0.451 e. The number of hydrogen-bond acceptors (Lipinski definition) is 14. The first kappa shape index (κ1) is 71.0. The lowest BCUT2D eigenvalue weighted by molar-refractivity contribution is -0.176. The van der Waals surface area contributed by atoms with E-state index in [1.807, 2.05) is 55.4 Å². The summed E-state index contributed by atoms with van der Waals surface area (Å²) in [4.78, 5) is 130. The molecule has 2 aromatic carbocycles. The highest BCUT2D eigenvalue weighted by Gasteiger charge is 2.43. The van der Waals surface area contributed by atoms with Crippen LogP contribution >= 0.6 is 0 Å². The largest absolute Gasteiger partial charge is 0.451 e. The van der Waals surface area contributed by atoms with E-state index in [4.69, 9.17) is 18.9 Å². The zero-order chi connectivity index (χ0) is 65.4. The number of nitrogens with zero attached hydrogens (tertiary/aromatic N) is 6. The third-order valence-electron chi connectivity index (χ3n) is 15.3. The highest BCUT2D eigenvalue weighted by Crippen LogP contribution is 2.26. The summed E-state index contributed by atoms with van der Waals surface area (Å²) >= 11 is 0. The van der Waals surface area contributed by atoms with Crippen molar-refractivity contribution in [2.24, 2.45) is 23.7 Å². The first-order valence-corrected chi connectivity index (χ1v) is 29.9. The van der Waals surface area contributed by atoms with Gasteiger partial charge in [0.2, 0.25) is 0 Å². The van der Waals surface area contributed by atoms with E-state index in [1.165, 1.54) is 66.6 Å². The molecule has 0 N–H and O–H groups in total. The molecule has 88 heavy (non-hydrogen) atoms. The van der Waals surface area contributed by atoms with Gasteiger partial charge in [-0.15, -0.1) is 0 Å². The monoisotopic (exact) mass is 1230 g/mol. The maximum atomic E-state index is 15.0. The summed E-state index contributed by atoms with van der Waals surface area (Å²) in [5.74, 6) is -8.21. The third kappa shape index (κ3) is 20.1. The summed E-state index contributed by atoms with van der Waals surface area (Å²) in [5, 5.41) is 0. The van der Waals surface area contributed by atoms with Crippen molar-refractivity contribution < 1.29 is 74.9 Å². The van der Waals surface area contributed by atoms with Crippen LogP contribution in [-0.2, 0) is 83.0 Å². The molecule has 0 saturated carbocycles. The molecular formula is C66H86F4N6O12. The molecule has 0 radical (unpaired) electrons. The topological polar surface area (TPSA) is 212 Å². The zero-order valence-corrected chi connectivity index (χ0v) is 52.9. The number of cyclic esters (lactones) is 4. The van der Waals surface area contributed by atoms with Gasteiger partial charge in [-0.05, 0) is 122 Å². The van der Waals surface area contributed by atoms with E-state index in [-0.39, 0.29) is 73.6 Å². The maximum Gasteiger partial charge on any atom is 0.329 e. The number of pyridine rings is 2. The van der Waals surface area contributed by atoms with E-state index in [0.29, 0.717) is 35.1 Å². The van der Waals surface area contributed by atoms with E-state index in [2.05, 4.69) is 9.97 Å². The third-order valence-corrected chi connectivity index (χ3v) is 15.3. The second-order valence-corrected chi connectivity index (χ2v) is 24.6. The molecule has 5 rings (SSSR count). The summed E-state index contributed by atoms with van der Waals surface area (Å²) < 4.78 is 77.0. The van der Waals surface area contributed by atoms with Crippen LogP contribution in [-0.4, -0.2) is 154 Å². The fraction of sp³-hybridized carbons (Fsp3) is 0.545. The van der Waals surface area contributed by atoms with Crippen LogP contribution in [0, 0.1) is 23.7 Å². The van der Waals surface area contributed by atoms with Gasteiger partial charge in [-0.2, -0.15) is 0 Å². The molecule has 18 nitrogen and oxygen atoms in total. The van der Waals surface area contributed by atoms with E-state index < -0.39 is 109 Å². The lowest BCUT2D eigenvalue weighted by atomic mass is 9.99. The van der Waals surface area contributed by atoms with E-state index >= 15 is 9.59 Å². The molecule has 8 atom stereocenters. The quantitative estimate of drug-likeness (QED) is 0.0516. The molecule has 1 aliphatic rings. The van der Waals surface area contributed by atoms with Crippen LogP contribution in [0.25, 0.3) is 0 Å². The Kier molecular flexibility index (Phi) is 26.2. The number of likely N-dealkylation sites (N-methyl/N-ethyl adjacent to an activating group) is 4. The molecule has 3 heterocycles. The predicted molar refractivity (Wildman–Crippen MR) is 319 cm³/mol. The Morgan fingerprint density at radius 3 is 0.875 bits per heavy atom. The number of rotatable bonds is 18. The molecule has 0 bridgehead atoms. The Morgan fingerprint density at radius 1 is 0.375 bits per heavy atom. The molecule has 0 aliphatic carbocycles. The number of carbonyl (C=O) groups is 8. The van der Waals surface area contributed by atoms with Crippen molar-refractivity contribution >= 4 is 47.5 Å². The molecule has 0 unspecified atom stereocenters. The number of benzene rings is 2. The van der Waals surface area contributed by atoms with Crippen molar-refractivity contribution in [2.75, 3.05) is 28.2 Å². The Morgan fingerprint density at radius 2 is 0.625 bits per heavy atom. The smallest absolute Gasteiger partial charge is 0.329 e. The van der Waals surface area contributed by atoms with E-state index in [1.54, 1.807) is 60.7 Å². The van der Waals surface area contributed by atoms with Crippen molar-refractivity contribution in [3.05, 3.63) is 130 Å². The first-order valence-electron chi connectivity index (χ1n) is 29.9. The second kappa shape index (κ2) is 32.4.